The van der Waals surface area contributed by atoms with E-state index >= 15 is 0 Å². The molecule has 13 heavy (non-hydrogen) atoms. The van der Waals surface area contributed by atoms with Gasteiger partial charge in [0.2, 0.25) is 0 Å². The number of nitrogens with two attached hydrogens (primary N) is 1. The molecule has 1 aromatic heterocycles. The lowest BCUT2D eigenvalue weighted by molar-refractivity contribution is 0.162. The van der Waals surface area contributed by atoms with Crippen molar-refractivity contribution in [3.63, 3.8) is 0 Å². The zero-order chi connectivity index (χ0) is 9.68. The van der Waals surface area contributed by atoms with Crippen LogP contribution in [0.15, 0.2) is 16.5 Å². The number of methoxy groups -OCH3 is 1. The zero-order valence-electron chi connectivity index (χ0n) is 8.25. The van der Waals surface area contributed by atoms with Crippen LogP contribution in [0.1, 0.15) is 24.9 Å². The molecule has 0 aromatic carbocycles. The zero-order valence-corrected chi connectivity index (χ0v) is 8.25. The third-order valence-electron chi connectivity index (χ3n) is 1.99. The van der Waals surface area contributed by atoms with Gasteiger partial charge in [-0.3, -0.25) is 0 Å². The van der Waals surface area contributed by atoms with Crippen molar-refractivity contribution in [1.82, 2.24) is 0 Å². The van der Waals surface area contributed by atoms with Crippen molar-refractivity contribution in [2.24, 2.45) is 5.73 Å². The Morgan fingerprint density at radius 2 is 2.15 bits per heavy atom. The average Bonchev–Trinajstić information content (AvgIpc) is 2.53. The van der Waals surface area contributed by atoms with E-state index < -0.39 is 0 Å². The molecule has 0 bridgehead atoms. The molecule has 0 aliphatic carbocycles. The fraction of sp³-hybridized carbons (Fsp3) is 0.600. The quantitative estimate of drug-likeness (QED) is 0.756. The molecule has 0 aliphatic heterocycles. The molecular formula is C10H17NO2. The van der Waals surface area contributed by atoms with Crippen LogP contribution in [0.2, 0.25) is 0 Å². The van der Waals surface area contributed by atoms with Crippen molar-refractivity contribution in [2.75, 3.05) is 7.11 Å². The fourth-order valence-corrected chi connectivity index (χ4v) is 1.15. The van der Waals surface area contributed by atoms with Crippen LogP contribution in [-0.2, 0) is 17.8 Å². The lowest BCUT2D eigenvalue weighted by atomic mass is 10.1. The van der Waals surface area contributed by atoms with Crippen LogP contribution >= 0.6 is 0 Å². The molecule has 0 radical (unpaired) electrons. The lowest BCUT2D eigenvalue weighted by Crippen LogP contribution is -2.20. The van der Waals surface area contributed by atoms with Gasteiger partial charge in [0.15, 0.2) is 0 Å². The third-order valence-corrected chi connectivity index (χ3v) is 1.99. The minimum atomic E-state index is 0.196. The first-order valence-electron chi connectivity index (χ1n) is 4.58. The highest BCUT2D eigenvalue weighted by Gasteiger charge is 2.05. The minimum absolute atomic E-state index is 0.196. The van der Waals surface area contributed by atoms with Crippen LogP contribution < -0.4 is 5.73 Å². The van der Waals surface area contributed by atoms with E-state index in [1.165, 1.54) is 0 Å². The average molecular weight is 183 g/mol. The second kappa shape index (κ2) is 5.04. The summed E-state index contributed by atoms with van der Waals surface area (Å²) in [7, 11) is 1.65. The summed E-state index contributed by atoms with van der Waals surface area (Å²) >= 11 is 0. The Bertz CT molecular complexity index is 245. The summed E-state index contributed by atoms with van der Waals surface area (Å²) in [4.78, 5) is 0. The van der Waals surface area contributed by atoms with E-state index in [4.69, 9.17) is 14.9 Å². The Morgan fingerprint density at radius 1 is 1.46 bits per heavy atom. The summed E-state index contributed by atoms with van der Waals surface area (Å²) in [6.07, 6.45) is 1.78. The van der Waals surface area contributed by atoms with Gasteiger partial charge in [-0.1, -0.05) is 6.92 Å². The molecule has 0 aliphatic rings. The van der Waals surface area contributed by atoms with Crippen LogP contribution in [-0.4, -0.2) is 13.2 Å². The molecule has 1 heterocycles. The van der Waals surface area contributed by atoms with E-state index in [2.05, 4.69) is 6.92 Å². The second-order valence-corrected chi connectivity index (χ2v) is 3.17. The Labute approximate surface area is 78.9 Å². The van der Waals surface area contributed by atoms with E-state index in [9.17, 15) is 0 Å². The molecule has 0 saturated carbocycles. The Balaban J connectivity index is 2.48. The van der Waals surface area contributed by atoms with Gasteiger partial charge in [0.05, 0.1) is 0 Å². The highest BCUT2D eigenvalue weighted by atomic mass is 16.5. The number of rotatable bonds is 5. The van der Waals surface area contributed by atoms with Gasteiger partial charge < -0.3 is 14.9 Å². The molecule has 0 spiro atoms. The molecular weight excluding hydrogens is 166 g/mol. The van der Waals surface area contributed by atoms with Gasteiger partial charge in [0.25, 0.3) is 0 Å². The summed E-state index contributed by atoms with van der Waals surface area (Å²) in [5.74, 6) is 1.81. The molecule has 2 N–H and O–H groups in total. The SMILES string of the molecule is CCC(N)Cc1ccc(COC)o1. The second-order valence-electron chi connectivity index (χ2n) is 3.17. The van der Waals surface area contributed by atoms with Gasteiger partial charge in [-0.15, -0.1) is 0 Å². The molecule has 74 valence electrons. The van der Waals surface area contributed by atoms with E-state index in [0.717, 1.165) is 24.4 Å². The van der Waals surface area contributed by atoms with Crippen molar-refractivity contribution in [3.8, 4) is 0 Å². The topological polar surface area (TPSA) is 48.4 Å². The van der Waals surface area contributed by atoms with Gasteiger partial charge in [0.1, 0.15) is 18.1 Å². The van der Waals surface area contributed by atoms with Crippen LogP contribution in [0.5, 0.6) is 0 Å². The van der Waals surface area contributed by atoms with Crippen LogP contribution in [0, 0.1) is 0 Å². The molecule has 1 atom stereocenters. The van der Waals surface area contributed by atoms with Gasteiger partial charge in [-0.25, -0.2) is 0 Å². The molecule has 1 rings (SSSR count). The molecule has 0 amide bonds. The molecule has 3 heteroatoms. The van der Waals surface area contributed by atoms with E-state index in [1.807, 2.05) is 12.1 Å². The van der Waals surface area contributed by atoms with Crippen molar-refractivity contribution in [3.05, 3.63) is 23.7 Å². The lowest BCUT2D eigenvalue weighted by Gasteiger charge is -2.04. The maximum Gasteiger partial charge on any atom is 0.129 e. The maximum absolute atomic E-state index is 5.80. The summed E-state index contributed by atoms with van der Waals surface area (Å²) in [6.45, 7) is 2.60. The number of furan rings is 1. The first-order chi connectivity index (χ1) is 6.26. The number of ether oxygens (including phenoxy) is 1. The molecule has 1 aromatic rings. The van der Waals surface area contributed by atoms with Crippen molar-refractivity contribution in [2.45, 2.75) is 32.4 Å². The molecule has 3 nitrogen and oxygen atoms in total. The highest BCUT2D eigenvalue weighted by molar-refractivity contribution is 5.07. The van der Waals surface area contributed by atoms with Crippen molar-refractivity contribution < 1.29 is 9.15 Å². The van der Waals surface area contributed by atoms with Crippen LogP contribution in [0.4, 0.5) is 0 Å². The Hall–Kier alpha value is -0.800. The predicted molar refractivity (Wildman–Crippen MR) is 51.4 cm³/mol. The van der Waals surface area contributed by atoms with Gasteiger partial charge in [-0.05, 0) is 18.6 Å². The van der Waals surface area contributed by atoms with Crippen molar-refractivity contribution >= 4 is 0 Å². The van der Waals surface area contributed by atoms with Gasteiger partial charge in [0, 0.05) is 19.6 Å². The first-order valence-corrected chi connectivity index (χ1v) is 4.58. The van der Waals surface area contributed by atoms with Gasteiger partial charge in [-0.2, -0.15) is 0 Å². The minimum Gasteiger partial charge on any atom is -0.464 e. The highest BCUT2D eigenvalue weighted by Crippen LogP contribution is 2.11. The normalized spacial score (nSPS) is 13.2. The van der Waals surface area contributed by atoms with Crippen LogP contribution in [0.25, 0.3) is 0 Å². The Kier molecular flexibility index (Phi) is 3.99. The summed E-state index contributed by atoms with van der Waals surface area (Å²) in [6, 6.07) is 4.09. The molecule has 1 unspecified atom stereocenters. The number of hydrogen-bond donors (Lipinski definition) is 1. The monoisotopic (exact) mass is 183 g/mol. The van der Waals surface area contributed by atoms with Crippen molar-refractivity contribution in [1.29, 1.82) is 0 Å². The maximum atomic E-state index is 5.80. The summed E-state index contributed by atoms with van der Waals surface area (Å²) < 4.78 is 10.4. The van der Waals surface area contributed by atoms with E-state index in [0.29, 0.717) is 6.61 Å². The van der Waals surface area contributed by atoms with Gasteiger partial charge >= 0.3 is 0 Å². The molecule has 0 saturated heterocycles. The first kappa shape index (κ1) is 10.3. The smallest absolute Gasteiger partial charge is 0.129 e. The fourth-order valence-electron chi connectivity index (χ4n) is 1.15. The standard InChI is InChI=1S/C10H17NO2/c1-3-8(11)6-9-4-5-10(13-9)7-12-2/h4-5,8H,3,6-7,11H2,1-2H3. The molecule has 0 fully saturated rings. The summed E-state index contributed by atoms with van der Waals surface area (Å²) in [5, 5.41) is 0. The third kappa shape index (κ3) is 3.20. The predicted octanol–water partition coefficient (Wildman–Crippen LogP) is 1.71. The van der Waals surface area contributed by atoms with E-state index in [-0.39, 0.29) is 6.04 Å². The van der Waals surface area contributed by atoms with E-state index in [1.54, 1.807) is 7.11 Å². The summed E-state index contributed by atoms with van der Waals surface area (Å²) in [5.41, 5.74) is 5.80. The largest absolute Gasteiger partial charge is 0.464 e. The van der Waals surface area contributed by atoms with Crippen LogP contribution in [0.3, 0.4) is 0 Å². The Morgan fingerprint density at radius 3 is 2.77 bits per heavy atom. The number of hydrogen-bond acceptors (Lipinski definition) is 3.